The van der Waals surface area contributed by atoms with Crippen LogP contribution in [0.1, 0.15) is 34.1 Å². The van der Waals surface area contributed by atoms with Crippen molar-refractivity contribution < 1.29 is 14.6 Å². The number of amides is 1. The third-order valence-corrected chi connectivity index (χ3v) is 1.75. The van der Waals surface area contributed by atoms with Crippen molar-refractivity contribution in [3.8, 4) is 0 Å². The third-order valence-electron chi connectivity index (χ3n) is 1.75. The molecule has 5 nitrogen and oxygen atoms in total. The number of carbonyl (C=O) groups is 1. The minimum absolute atomic E-state index is 0.0538. The molecule has 1 unspecified atom stereocenters. The predicted octanol–water partition coefficient (Wildman–Crippen LogP) is 0.953. The monoisotopic (exact) mass is 232 g/mol. The number of nitrogens with zero attached hydrogens (tertiary/aromatic N) is 1. The van der Waals surface area contributed by atoms with Gasteiger partial charge in [0.25, 0.3) is 0 Å². The molecule has 0 radical (unpaired) electrons. The molecule has 0 aromatic carbocycles. The van der Waals surface area contributed by atoms with Crippen LogP contribution in [0.15, 0.2) is 0 Å². The van der Waals surface area contributed by atoms with Gasteiger partial charge >= 0.3 is 6.09 Å². The fourth-order valence-electron chi connectivity index (χ4n) is 1.19. The molecule has 0 rings (SSSR count). The van der Waals surface area contributed by atoms with Crippen LogP contribution in [0, 0.1) is 0 Å². The van der Waals surface area contributed by atoms with Gasteiger partial charge in [0.2, 0.25) is 0 Å². The summed E-state index contributed by atoms with van der Waals surface area (Å²) in [4.78, 5) is 13.3. The van der Waals surface area contributed by atoms with Gasteiger partial charge in [0.05, 0.1) is 0 Å². The lowest BCUT2D eigenvalue weighted by atomic mass is 10.2. The van der Waals surface area contributed by atoms with E-state index in [0.29, 0.717) is 19.5 Å². The Bertz CT molecular complexity index is 212. The molecule has 16 heavy (non-hydrogen) atoms. The second-order valence-electron chi connectivity index (χ2n) is 4.98. The third kappa shape index (κ3) is 7.48. The van der Waals surface area contributed by atoms with Gasteiger partial charge in [0, 0.05) is 25.7 Å². The quantitative estimate of drug-likeness (QED) is 0.740. The van der Waals surface area contributed by atoms with Gasteiger partial charge in [-0.15, -0.1) is 0 Å². The second-order valence-corrected chi connectivity index (χ2v) is 4.98. The second kappa shape index (κ2) is 6.70. The minimum atomic E-state index is -0.508. The van der Waals surface area contributed by atoms with Crippen LogP contribution in [0.3, 0.4) is 0 Å². The van der Waals surface area contributed by atoms with E-state index in [2.05, 4.69) is 0 Å². The average molecular weight is 232 g/mol. The first-order valence-corrected chi connectivity index (χ1v) is 5.60. The zero-order chi connectivity index (χ0) is 12.8. The number of rotatable bonds is 5. The topological polar surface area (TPSA) is 75.8 Å². The first-order valence-electron chi connectivity index (χ1n) is 5.60. The van der Waals surface area contributed by atoms with E-state index in [9.17, 15) is 4.79 Å². The summed E-state index contributed by atoms with van der Waals surface area (Å²) in [6.07, 6.45) is 0.157. The van der Waals surface area contributed by atoms with Crippen molar-refractivity contribution in [1.29, 1.82) is 0 Å². The zero-order valence-electron chi connectivity index (χ0n) is 10.7. The molecule has 0 fully saturated rings. The molecule has 0 aliphatic carbocycles. The number of aliphatic hydroxyl groups is 1. The molecule has 3 N–H and O–H groups in total. The van der Waals surface area contributed by atoms with Crippen molar-refractivity contribution >= 4 is 6.09 Å². The summed E-state index contributed by atoms with van der Waals surface area (Å²) < 4.78 is 5.25. The molecule has 0 aromatic heterocycles. The smallest absolute Gasteiger partial charge is 0.410 e. The number of hydrogen-bond donors (Lipinski definition) is 2. The Morgan fingerprint density at radius 1 is 1.50 bits per heavy atom. The van der Waals surface area contributed by atoms with Crippen LogP contribution >= 0.6 is 0 Å². The molecule has 0 saturated heterocycles. The molecule has 96 valence electrons. The maximum atomic E-state index is 11.8. The van der Waals surface area contributed by atoms with E-state index in [-0.39, 0.29) is 18.7 Å². The fraction of sp³-hybridized carbons (Fsp3) is 0.909. The summed E-state index contributed by atoms with van der Waals surface area (Å²) in [6, 6.07) is -0.105. The molecule has 0 saturated carbocycles. The van der Waals surface area contributed by atoms with Crippen LogP contribution in [0.2, 0.25) is 0 Å². The summed E-state index contributed by atoms with van der Waals surface area (Å²) >= 11 is 0. The van der Waals surface area contributed by atoms with Crippen molar-refractivity contribution in [3.05, 3.63) is 0 Å². The van der Waals surface area contributed by atoms with Gasteiger partial charge in [-0.25, -0.2) is 4.79 Å². The molecule has 5 heteroatoms. The maximum Gasteiger partial charge on any atom is 0.410 e. The molecule has 1 atom stereocenters. The highest BCUT2D eigenvalue weighted by molar-refractivity contribution is 5.68. The molecule has 0 bridgehead atoms. The van der Waals surface area contributed by atoms with Crippen LogP contribution in [-0.2, 0) is 4.74 Å². The van der Waals surface area contributed by atoms with Crippen LogP contribution < -0.4 is 5.73 Å². The number of nitrogens with two attached hydrogens (primary N) is 1. The number of carbonyl (C=O) groups excluding carboxylic acids is 1. The highest BCUT2D eigenvalue weighted by Gasteiger charge is 2.22. The summed E-state index contributed by atoms with van der Waals surface area (Å²) in [5.41, 5.74) is 5.15. The Kier molecular flexibility index (Phi) is 6.36. The minimum Gasteiger partial charge on any atom is -0.444 e. The lowest BCUT2D eigenvalue weighted by Crippen LogP contribution is -2.43. The van der Waals surface area contributed by atoms with Crippen molar-refractivity contribution in [2.45, 2.75) is 45.8 Å². The lowest BCUT2D eigenvalue weighted by Gasteiger charge is -2.28. The van der Waals surface area contributed by atoms with E-state index in [0.717, 1.165) is 0 Å². The van der Waals surface area contributed by atoms with E-state index < -0.39 is 5.60 Å². The van der Waals surface area contributed by atoms with Crippen molar-refractivity contribution in [2.24, 2.45) is 5.73 Å². The van der Waals surface area contributed by atoms with Crippen molar-refractivity contribution in [2.75, 3.05) is 19.7 Å². The largest absolute Gasteiger partial charge is 0.444 e. The number of ether oxygens (including phenoxy) is 1. The molecule has 0 spiro atoms. The van der Waals surface area contributed by atoms with Gasteiger partial charge in [-0.1, -0.05) is 0 Å². The zero-order valence-corrected chi connectivity index (χ0v) is 10.7. The predicted molar refractivity (Wildman–Crippen MR) is 63.2 cm³/mol. The van der Waals surface area contributed by atoms with Crippen molar-refractivity contribution in [1.82, 2.24) is 4.90 Å². The summed E-state index contributed by atoms with van der Waals surface area (Å²) in [7, 11) is 0. The van der Waals surface area contributed by atoms with Gasteiger partial charge < -0.3 is 20.5 Å². The van der Waals surface area contributed by atoms with Gasteiger partial charge in [0.1, 0.15) is 5.60 Å². The normalized spacial score (nSPS) is 13.4. The van der Waals surface area contributed by atoms with E-state index in [1.165, 1.54) is 4.90 Å². The van der Waals surface area contributed by atoms with Gasteiger partial charge in [0.15, 0.2) is 0 Å². The van der Waals surface area contributed by atoms with E-state index in [4.69, 9.17) is 15.6 Å². The fourth-order valence-corrected chi connectivity index (χ4v) is 1.19. The SMILES string of the molecule is CC(N)CN(CCCO)C(=O)OC(C)(C)C. The standard InChI is InChI=1S/C11H24N2O3/c1-9(12)8-13(6-5-7-14)10(15)16-11(2,3)4/h9,14H,5-8,12H2,1-4H3. The van der Waals surface area contributed by atoms with Crippen LogP contribution in [0.5, 0.6) is 0 Å². The first-order chi connectivity index (χ1) is 7.26. The Balaban J connectivity index is 4.31. The molecule has 0 aliphatic heterocycles. The Hall–Kier alpha value is -0.810. The molecule has 0 heterocycles. The number of hydrogen-bond acceptors (Lipinski definition) is 4. The number of aliphatic hydroxyl groups excluding tert-OH is 1. The molecule has 1 amide bonds. The molecule has 0 aliphatic rings. The summed E-state index contributed by atoms with van der Waals surface area (Å²) in [5.74, 6) is 0. The van der Waals surface area contributed by atoms with Gasteiger partial charge in [-0.05, 0) is 34.1 Å². The van der Waals surface area contributed by atoms with E-state index in [1.807, 2.05) is 27.7 Å². The summed E-state index contributed by atoms with van der Waals surface area (Å²) in [5, 5.41) is 8.75. The van der Waals surface area contributed by atoms with Crippen molar-refractivity contribution in [3.63, 3.8) is 0 Å². The molecular weight excluding hydrogens is 208 g/mol. The Morgan fingerprint density at radius 3 is 2.44 bits per heavy atom. The molecular formula is C11H24N2O3. The summed E-state index contributed by atoms with van der Waals surface area (Å²) in [6.45, 7) is 8.25. The lowest BCUT2D eigenvalue weighted by molar-refractivity contribution is 0.0232. The van der Waals surface area contributed by atoms with Crippen LogP contribution in [0.25, 0.3) is 0 Å². The molecule has 0 aromatic rings. The average Bonchev–Trinajstić information content (AvgIpc) is 2.08. The highest BCUT2D eigenvalue weighted by atomic mass is 16.6. The maximum absolute atomic E-state index is 11.8. The highest BCUT2D eigenvalue weighted by Crippen LogP contribution is 2.10. The van der Waals surface area contributed by atoms with E-state index >= 15 is 0 Å². The Morgan fingerprint density at radius 2 is 2.06 bits per heavy atom. The Labute approximate surface area is 97.6 Å². The van der Waals surface area contributed by atoms with Gasteiger partial charge in [-0.2, -0.15) is 0 Å². The van der Waals surface area contributed by atoms with Crippen LogP contribution in [-0.4, -0.2) is 47.4 Å². The first kappa shape index (κ1) is 15.2. The van der Waals surface area contributed by atoms with E-state index in [1.54, 1.807) is 0 Å². The van der Waals surface area contributed by atoms with Crippen LogP contribution in [0.4, 0.5) is 4.79 Å². The van der Waals surface area contributed by atoms with Gasteiger partial charge in [-0.3, -0.25) is 0 Å².